The zero-order valence-electron chi connectivity index (χ0n) is 21.0. The average molecular weight is 559 g/mol. The summed E-state index contributed by atoms with van der Waals surface area (Å²) in [5.74, 6) is 1.48. The van der Waals surface area contributed by atoms with Crippen molar-refractivity contribution in [1.29, 1.82) is 0 Å². The number of amides is 1. The summed E-state index contributed by atoms with van der Waals surface area (Å²) in [6, 6.07) is 9.98. The summed E-state index contributed by atoms with van der Waals surface area (Å²) >= 11 is 6.08. The van der Waals surface area contributed by atoms with Gasteiger partial charge in [-0.2, -0.15) is 10.6 Å². The van der Waals surface area contributed by atoms with E-state index in [1.807, 2.05) is 32.0 Å². The van der Waals surface area contributed by atoms with Gasteiger partial charge in [-0.3, -0.25) is 13.9 Å². The SMILES string of the molecule is Cc1noc(C)c1-c1ccc2c(c1)nc([C@@H]1CCC(=O)N1c1ccc(F)c(Cl)c1)n2C1CCS(O)(O)CC1. The molecule has 200 valence electrons. The fourth-order valence-corrected chi connectivity index (χ4v) is 7.51. The summed E-state index contributed by atoms with van der Waals surface area (Å²) in [6.07, 6.45) is 2.07. The molecule has 2 aromatic carbocycles. The molecular formula is C27H28ClFN4O4S. The summed E-state index contributed by atoms with van der Waals surface area (Å²) < 4.78 is 42.0. The molecule has 2 aromatic heterocycles. The van der Waals surface area contributed by atoms with Crippen LogP contribution in [0.1, 0.15) is 55.0 Å². The number of fused-ring (bicyclic) bond motifs is 1. The molecule has 38 heavy (non-hydrogen) atoms. The van der Waals surface area contributed by atoms with E-state index in [0.717, 1.165) is 39.4 Å². The van der Waals surface area contributed by atoms with E-state index in [0.29, 0.717) is 42.9 Å². The first-order valence-corrected chi connectivity index (χ1v) is 14.8. The van der Waals surface area contributed by atoms with Gasteiger partial charge in [0, 0.05) is 35.2 Å². The number of carbonyl (C=O) groups is 1. The first kappa shape index (κ1) is 25.4. The zero-order valence-corrected chi connectivity index (χ0v) is 22.6. The first-order chi connectivity index (χ1) is 18.1. The van der Waals surface area contributed by atoms with Gasteiger partial charge < -0.3 is 14.0 Å². The van der Waals surface area contributed by atoms with Gasteiger partial charge in [0.25, 0.3) is 0 Å². The van der Waals surface area contributed by atoms with Gasteiger partial charge in [0.05, 0.1) is 27.8 Å². The van der Waals surface area contributed by atoms with E-state index >= 15 is 0 Å². The maximum atomic E-state index is 13.9. The van der Waals surface area contributed by atoms with Gasteiger partial charge in [0.15, 0.2) is 0 Å². The molecule has 0 spiro atoms. The van der Waals surface area contributed by atoms with E-state index in [-0.39, 0.29) is 23.0 Å². The van der Waals surface area contributed by atoms with Crippen molar-refractivity contribution < 1.29 is 22.8 Å². The van der Waals surface area contributed by atoms with Gasteiger partial charge in [0.2, 0.25) is 5.91 Å². The predicted octanol–water partition coefficient (Wildman–Crippen LogP) is 7.05. The highest BCUT2D eigenvalue weighted by Crippen LogP contribution is 2.49. The van der Waals surface area contributed by atoms with Gasteiger partial charge >= 0.3 is 0 Å². The Morgan fingerprint density at radius 3 is 2.55 bits per heavy atom. The molecule has 2 N–H and O–H groups in total. The highest BCUT2D eigenvalue weighted by atomic mass is 35.5. The summed E-state index contributed by atoms with van der Waals surface area (Å²) in [4.78, 5) is 19.8. The lowest BCUT2D eigenvalue weighted by Gasteiger charge is -2.40. The number of hydrogen-bond donors (Lipinski definition) is 2. The molecule has 11 heteroatoms. The Hall–Kier alpha value is -2.92. The van der Waals surface area contributed by atoms with Crippen LogP contribution in [0.5, 0.6) is 0 Å². The van der Waals surface area contributed by atoms with Crippen LogP contribution in [0.4, 0.5) is 10.1 Å². The van der Waals surface area contributed by atoms with Crippen LogP contribution >= 0.6 is 22.2 Å². The van der Waals surface area contributed by atoms with Crippen LogP contribution in [-0.2, 0) is 4.79 Å². The summed E-state index contributed by atoms with van der Waals surface area (Å²) in [6.45, 7) is 3.77. The standard InChI is InChI=1S/C27H28ClFN4O4S/c1-15-26(16(2)37-31-15)17-3-6-23-22(13-17)30-27(33(23)18-9-11-38(35,36)12-10-18)24-7-8-25(34)32(24)19-4-5-21(29)20(28)14-19/h3-6,13-14,18,24,35-36H,7-12H2,1-2H3/t24-/m0/s1. The fourth-order valence-electron chi connectivity index (χ4n) is 5.83. The Morgan fingerprint density at radius 2 is 1.87 bits per heavy atom. The number of halogens is 2. The van der Waals surface area contributed by atoms with Gasteiger partial charge in [-0.05, 0) is 69.0 Å². The normalized spacial score (nSPS) is 20.9. The minimum absolute atomic E-state index is 0.00537. The fraction of sp³-hybridized carbons (Fsp3) is 0.370. The van der Waals surface area contributed by atoms with Crippen LogP contribution in [0, 0.1) is 19.7 Å². The van der Waals surface area contributed by atoms with Crippen molar-refractivity contribution >= 4 is 44.8 Å². The van der Waals surface area contributed by atoms with Crippen molar-refractivity contribution in [3.63, 3.8) is 0 Å². The molecule has 2 aliphatic rings. The van der Waals surface area contributed by atoms with Crippen LogP contribution in [0.15, 0.2) is 40.9 Å². The highest BCUT2D eigenvalue weighted by Gasteiger charge is 2.39. The number of imidazole rings is 1. The Morgan fingerprint density at radius 1 is 1.11 bits per heavy atom. The second-order valence-electron chi connectivity index (χ2n) is 10.1. The molecule has 2 fully saturated rings. The van der Waals surface area contributed by atoms with Gasteiger partial charge in [-0.25, -0.2) is 9.37 Å². The second kappa shape index (κ2) is 9.37. The van der Waals surface area contributed by atoms with Crippen molar-refractivity contribution in [3.05, 3.63) is 64.5 Å². The smallest absolute Gasteiger partial charge is 0.227 e. The molecular weight excluding hydrogens is 531 g/mol. The Balaban J connectivity index is 1.50. The second-order valence-corrected chi connectivity index (χ2v) is 12.9. The maximum absolute atomic E-state index is 13.9. The number of hydrogen-bond acceptors (Lipinski definition) is 6. The van der Waals surface area contributed by atoms with Gasteiger partial charge in [0.1, 0.15) is 17.4 Å². The average Bonchev–Trinajstić information content (AvgIpc) is 3.55. The molecule has 8 nitrogen and oxygen atoms in total. The Labute approximate surface area is 225 Å². The lowest BCUT2D eigenvalue weighted by atomic mass is 10.0. The molecule has 4 aromatic rings. The summed E-state index contributed by atoms with van der Waals surface area (Å²) in [5, 5.41) is 4.04. The monoisotopic (exact) mass is 558 g/mol. The molecule has 1 atom stereocenters. The van der Waals surface area contributed by atoms with E-state index in [1.54, 1.807) is 11.0 Å². The molecule has 0 saturated carbocycles. The number of nitrogens with zero attached hydrogens (tertiary/aromatic N) is 4. The minimum Gasteiger partial charge on any atom is -0.361 e. The molecule has 4 heterocycles. The van der Waals surface area contributed by atoms with Crippen molar-refractivity contribution in [3.8, 4) is 11.1 Å². The molecule has 0 unspecified atom stereocenters. The lowest BCUT2D eigenvalue weighted by molar-refractivity contribution is -0.117. The van der Waals surface area contributed by atoms with Crippen LogP contribution in [-0.4, -0.2) is 41.2 Å². The number of aromatic nitrogens is 3. The quantitative estimate of drug-likeness (QED) is 0.278. The first-order valence-electron chi connectivity index (χ1n) is 12.6. The third kappa shape index (κ3) is 4.29. The van der Waals surface area contributed by atoms with Gasteiger partial charge in [-0.1, -0.05) is 22.8 Å². The lowest BCUT2D eigenvalue weighted by Crippen LogP contribution is -2.31. The maximum Gasteiger partial charge on any atom is 0.227 e. The van der Waals surface area contributed by atoms with E-state index in [4.69, 9.17) is 21.1 Å². The van der Waals surface area contributed by atoms with Crippen molar-refractivity contribution in [1.82, 2.24) is 14.7 Å². The molecule has 1 amide bonds. The zero-order chi connectivity index (χ0) is 26.8. The number of aryl methyl sites for hydroxylation is 2. The molecule has 2 aliphatic heterocycles. The van der Waals surface area contributed by atoms with Gasteiger partial charge in [-0.15, -0.1) is 0 Å². The van der Waals surface area contributed by atoms with E-state index in [1.165, 1.54) is 12.1 Å². The number of anilines is 1. The third-order valence-corrected chi connectivity index (χ3v) is 9.72. The highest BCUT2D eigenvalue weighted by molar-refractivity contribution is 8.24. The van der Waals surface area contributed by atoms with Crippen molar-refractivity contribution in [2.45, 2.75) is 51.6 Å². The van der Waals surface area contributed by atoms with E-state index < -0.39 is 16.4 Å². The molecule has 0 radical (unpaired) electrons. The van der Waals surface area contributed by atoms with Crippen LogP contribution in [0.3, 0.4) is 0 Å². The molecule has 6 rings (SSSR count). The summed E-state index contributed by atoms with van der Waals surface area (Å²) in [5.41, 5.74) is 4.86. The largest absolute Gasteiger partial charge is 0.361 e. The van der Waals surface area contributed by atoms with E-state index in [9.17, 15) is 18.3 Å². The predicted molar refractivity (Wildman–Crippen MR) is 146 cm³/mol. The molecule has 0 aliphatic carbocycles. The van der Waals surface area contributed by atoms with Crippen molar-refractivity contribution in [2.24, 2.45) is 0 Å². The minimum atomic E-state index is -2.57. The number of benzene rings is 2. The molecule has 0 bridgehead atoms. The topological polar surface area (TPSA) is 105 Å². The third-order valence-electron chi connectivity index (χ3n) is 7.65. The summed E-state index contributed by atoms with van der Waals surface area (Å²) in [7, 11) is -2.57. The Bertz CT molecular complexity index is 1540. The van der Waals surface area contributed by atoms with E-state index in [2.05, 4.69) is 9.72 Å². The van der Waals surface area contributed by atoms with Crippen LogP contribution < -0.4 is 4.90 Å². The van der Waals surface area contributed by atoms with Crippen molar-refractivity contribution in [2.75, 3.05) is 16.4 Å². The Kier molecular flexibility index (Phi) is 6.26. The number of rotatable bonds is 4. The number of carbonyl (C=O) groups excluding carboxylic acids is 1. The molecule has 2 saturated heterocycles. The van der Waals surface area contributed by atoms with Crippen LogP contribution in [0.25, 0.3) is 22.2 Å². The van der Waals surface area contributed by atoms with Crippen LogP contribution in [0.2, 0.25) is 5.02 Å².